The van der Waals surface area contributed by atoms with Gasteiger partial charge in [-0.25, -0.2) is 0 Å². The average molecular weight is 412 g/mol. The zero-order chi connectivity index (χ0) is 21.5. The molecule has 30 heavy (non-hydrogen) atoms. The predicted molar refractivity (Wildman–Crippen MR) is 106 cm³/mol. The van der Waals surface area contributed by atoms with E-state index in [2.05, 4.69) is 10.1 Å². The van der Waals surface area contributed by atoms with Crippen molar-refractivity contribution in [3.05, 3.63) is 89.5 Å². The van der Waals surface area contributed by atoms with Gasteiger partial charge in [-0.15, -0.1) is 0 Å². The summed E-state index contributed by atoms with van der Waals surface area (Å²) >= 11 is 0. The van der Waals surface area contributed by atoms with Gasteiger partial charge in [0.15, 0.2) is 0 Å². The molecule has 0 heterocycles. The molecule has 0 aliphatic rings. The van der Waals surface area contributed by atoms with Crippen molar-refractivity contribution in [3.63, 3.8) is 0 Å². The molecule has 3 rings (SSSR count). The normalized spacial score (nSPS) is 10.5. The molecule has 0 fully saturated rings. The molecule has 0 saturated carbocycles. The summed E-state index contributed by atoms with van der Waals surface area (Å²) in [6.45, 7) is -2.91. The van der Waals surface area contributed by atoms with E-state index in [0.29, 0.717) is 28.2 Å². The van der Waals surface area contributed by atoms with E-state index in [-0.39, 0.29) is 18.2 Å². The van der Waals surface area contributed by atoms with Gasteiger partial charge in [0, 0.05) is 23.2 Å². The number of para-hydroxylation sites is 1. The van der Waals surface area contributed by atoms with Gasteiger partial charge in [-0.05, 0) is 54.6 Å². The quantitative estimate of drug-likeness (QED) is 0.583. The number of amides is 2. The Hall–Kier alpha value is -3.94. The molecule has 2 amide bonds. The molecule has 0 radical (unpaired) electrons. The molecule has 0 saturated heterocycles. The van der Waals surface area contributed by atoms with Crippen molar-refractivity contribution in [3.8, 4) is 17.2 Å². The lowest BCUT2D eigenvalue weighted by Gasteiger charge is -2.11. The summed E-state index contributed by atoms with van der Waals surface area (Å²) in [6, 6.07) is 19.0. The number of ether oxygens (including phenoxy) is 2. The molecular weight excluding hydrogens is 394 g/mol. The summed E-state index contributed by atoms with van der Waals surface area (Å²) < 4.78 is 35.1. The van der Waals surface area contributed by atoms with Crippen LogP contribution in [0.25, 0.3) is 0 Å². The summed E-state index contributed by atoms with van der Waals surface area (Å²) in [5, 5.41) is 2.67. The maximum absolute atomic E-state index is 12.5. The molecule has 3 aromatic carbocycles. The van der Waals surface area contributed by atoms with Gasteiger partial charge in [0.05, 0.1) is 0 Å². The van der Waals surface area contributed by atoms with Crippen molar-refractivity contribution in [1.82, 2.24) is 5.32 Å². The Morgan fingerprint density at radius 2 is 1.43 bits per heavy atom. The van der Waals surface area contributed by atoms with Crippen molar-refractivity contribution in [1.29, 1.82) is 0 Å². The second-order valence-electron chi connectivity index (χ2n) is 6.18. The second kappa shape index (κ2) is 9.51. The molecule has 0 unspecified atom stereocenters. The SMILES string of the molecule is NC(=O)c1ccc(Oc2ccc(C(=O)NCc3ccccc3OC(F)F)cc2)cc1. The van der Waals surface area contributed by atoms with E-state index in [9.17, 15) is 18.4 Å². The molecule has 154 valence electrons. The van der Waals surface area contributed by atoms with Crippen LogP contribution < -0.4 is 20.5 Å². The number of primary amides is 1. The number of benzene rings is 3. The number of carbonyl (C=O) groups excluding carboxylic acids is 2. The minimum Gasteiger partial charge on any atom is -0.457 e. The van der Waals surface area contributed by atoms with E-state index in [1.54, 1.807) is 66.7 Å². The van der Waals surface area contributed by atoms with Gasteiger partial charge in [0.2, 0.25) is 5.91 Å². The van der Waals surface area contributed by atoms with Gasteiger partial charge in [0.25, 0.3) is 5.91 Å². The van der Waals surface area contributed by atoms with Gasteiger partial charge in [-0.1, -0.05) is 18.2 Å². The van der Waals surface area contributed by atoms with Crippen LogP contribution in [0.2, 0.25) is 0 Å². The van der Waals surface area contributed by atoms with Crippen molar-refractivity contribution >= 4 is 11.8 Å². The van der Waals surface area contributed by atoms with Crippen LogP contribution in [-0.2, 0) is 6.54 Å². The van der Waals surface area contributed by atoms with Gasteiger partial charge in [-0.2, -0.15) is 8.78 Å². The lowest BCUT2D eigenvalue weighted by molar-refractivity contribution is -0.0504. The fourth-order valence-corrected chi connectivity index (χ4v) is 2.64. The fraction of sp³-hybridized carbons (Fsp3) is 0.0909. The Morgan fingerprint density at radius 3 is 2.00 bits per heavy atom. The first-order valence-corrected chi connectivity index (χ1v) is 8.91. The summed E-state index contributed by atoms with van der Waals surface area (Å²) in [5.41, 5.74) is 6.37. The third kappa shape index (κ3) is 5.54. The number of alkyl halides is 2. The zero-order valence-electron chi connectivity index (χ0n) is 15.7. The Balaban J connectivity index is 1.59. The molecule has 0 aromatic heterocycles. The third-order valence-corrected chi connectivity index (χ3v) is 4.12. The van der Waals surface area contributed by atoms with Crippen molar-refractivity contribution in [2.75, 3.05) is 0 Å². The summed E-state index contributed by atoms with van der Waals surface area (Å²) in [6.07, 6.45) is 0. The van der Waals surface area contributed by atoms with Gasteiger partial charge in [0.1, 0.15) is 17.2 Å². The van der Waals surface area contributed by atoms with Gasteiger partial charge >= 0.3 is 6.61 Å². The standard InChI is InChI=1S/C22H18F2N2O4/c23-22(24)30-19-4-2-1-3-16(19)13-26-21(28)15-7-11-18(12-8-15)29-17-9-5-14(6-10-17)20(25)27/h1-12,22H,13H2,(H2,25,27)(H,26,28). The number of nitrogens with one attached hydrogen (secondary N) is 1. The molecule has 0 aliphatic heterocycles. The predicted octanol–water partition coefficient (Wildman–Crippen LogP) is 4.11. The smallest absolute Gasteiger partial charge is 0.387 e. The number of hydrogen-bond acceptors (Lipinski definition) is 4. The number of carbonyl (C=O) groups is 2. The molecule has 0 spiro atoms. The van der Waals surface area contributed by atoms with E-state index in [0.717, 1.165) is 0 Å². The lowest BCUT2D eigenvalue weighted by Crippen LogP contribution is -2.23. The highest BCUT2D eigenvalue weighted by Gasteiger charge is 2.11. The van der Waals surface area contributed by atoms with Crippen molar-refractivity contribution < 1.29 is 27.8 Å². The van der Waals surface area contributed by atoms with Crippen LogP contribution in [0.3, 0.4) is 0 Å². The topological polar surface area (TPSA) is 90.7 Å². The molecule has 0 atom stereocenters. The molecule has 8 heteroatoms. The first-order chi connectivity index (χ1) is 14.4. The monoisotopic (exact) mass is 412 g/mol. The second-order valence-corrected chi connectivity index (χ2v) is 6.18. The zero-order valence-corrected chi connectivity index (χ0v) is 15.7. The molecule has 0 aliphatic carbocycles. The van der Waals surface area contributed by atoms with E-state index in [4.69, 9.17) is 10.5 Å². The molecule has 0 bridgehead atoms. The number of nitrogens with two attached hydrogens (primary N) is 1. The van der Waals surface area contributed by atoms with Gasteiger partial charge in [-0.3, -0.25) is 9.59 Å². The largest absolute Gasteiger partial charge is 0.457 e. The Bertz CT molecular complexity index is 1020. The van der Waals surface area contributed by atoms with Crippen LogP contribution in [0.5, 0.6) is 17.2 Å². The number of hydrogen-bond donors (Lipinski definition) is 2. The van der Waals surface area contributed by atoms with Crippen molar-refractivity contribution in [2.45, 2.75) is 13.2 Å². The highest BCUT2D eigenvalue weighted by Crippen LogP contribution is 2.23. The Morgan fingerprint density at radius 1 is 0.867 bits per heavy atom. The van der Waals surface area contributed by atoms with E-state index >= 15 is 0 Å². The summed E-state index contributed by atoms with van der Waals surface area (Å²) in [7, 11) is 0. The minimum atomic E-state index is -2.94. The maximum atomic E-state index is 12.5. The van der Waals surface area contributed by atoms with Crippen molar-refractivity contribution in [2.24, 2.45) is 5.73 Å². The van der Waals surface area contributed by atoms with Crippen LogP contribution in [-0.4, -0.2) is 18.4 Å². The van der Waals surface area contributed by atoms with Crippen LogP contribution in [0.15, 0.2) is 72.8 Å². The third-order valence-electron chi connectivity index (χ3n) is 4.12. The van der Waals surface area contributed by atoms with E-state index < -0.39 is 12.5 Å². The maximum Gasteiger partial charge on any atom is 0.387 e. The minimum absolute atomic E-state index is 0.0129. The molecule has 3 N–H and O–H groups in total. The Kier molecular flexibility index (Phi) is 6.59. The number of halogens is 2. The first-order valence-electron chi connectivity index (χ1n) is 8.91. The Labute approximate surface area is 171 Å². The van der Waals surface area contributed by atoms with E-state index in [1.165, 1.54) is 6.07 Å². The molecule has 3 aromatic rings. The molecular formula is C22H18F2N2O4. The average Bonchev–Trinajstić information content (AvgIpc) is 2.73. The van der Waals surface area contributed by atoms with Crippen LogP contribution in [0.1, 0.15) is 26.3 Å². The summed E-state index contributed by atoms with van der Waals surface area (Å²) in [5.74, 6) is 0.111. The number of rotatable bonds is 8. The van der Waals surface area contributed by atoms with Crippen LogP contribution in [0, 0.1) is 0 Å². The lowest BCUT2D eigenvalue weighted by atomic mass is 10.1. The van der Waals surface area contributed by atoms with Gasteiger partial charge < -0.3 is 20.5 Å². The summed E-state index contributed by atoms with van der Waals surface area (Å²) in [4.78, 5) is 23.4. The first kappa shape index (κ1) is 20.8. The molecule has 6 nitrogen and oxygen atoms in total. The highest BCUT2D eigenvalue weighted by atomic mass is 19.3. The van der Waals surface area contributed by atoms with E-state index in [1.807, 2.05) is 0 Å². The fourth-order valence-electron chi connectivity index (χ4n) is 2.64. The highest BCUT2D eigenvalue weighted by molar-refractivity contribution is 5.94. The van der Waals surface area contributed by atoms with Crippen LogP contribution >= 0.6 is 0 Å². The van der Waals surface area contributed by atoms with Crippen LogP contribution in [0.4, 0.5) is 8.78 Å².